The van der Waals surface area contributed by atoms with E-state index in [4.69, 9.17) is 9.15 Å². The van der Waals surface area contributed by atoms with Crippen LogP contribution in [0.5, 0.6) is 0 Å². The molecule has 2 aromatic heterocycles. The summed E-state index contributed by atoms with van der Waals surface area (Å²) in [5, 5.41) is 5.03. The molecule has 0 bridgehead atoms. The fourth-order valence-electron chi connectivity index (χ4n) is 4.58. The van der Waals surface area contributed by atoms with Crippen molar-refractivity contribution < 1.29 is 13.9 Å². The van der Waals surface area contributed by atoms with Gasteiger partial charge < -0.3 is 14.5 Å². The predicted octanol–water partition coefficient (Wildman–Crippen LogP) is 5.34. The van der Waals surface area contributed by atoms with Gasteiger partial charge >= 0.3 is 0 Å². The first-order valence-corrected chi connectivity index (χ1v) is 11.3. The van der Waals surface area contributed by atoms with Crippen molar-refractivity contribution >= 4 is 17.2 Å². The number of carbonyl (C=O) groups excluding carboxylic acids is 1. The highest BCUT2D eigenvalue weighted by Gasteiger charge is 2.40. The Morgan fingerprint density at radius 3 is 2.77 bits per heavy atom. The van der Waals surface area contributed by atoms with E-state index in [9.17, 15) is 4.79 Å². The summed E-state index contributed by atoms with van der Waals surface area (Å²) in [6, 6.07) is 14.5. The second-order valence-electron chi connectivity index (χ2n) is 8.71. The molecule has 30 heavy (non-hydrogen) atoms. The average Bonchev–Trinajstić information content (AvgIpc) is 3.39. The first-order chi connectivity index (χ1) is 14.5. The Balaban J connectivity index is 1.44. The van der Waals surface area contributed by atoms with Crippen molar-refractivity contribution in [2.24, 2.45) is 5.41 Å². The summed E-state index contributed by atoms with van der Waals surface area (Å²) >= 11 is 1.53. The summed E-state index contributed by atoms with van der Waals surface area (Å²) in [5.41, 5.74) is 1.62. The molecule has 0 radical (unpaired) electrons. The number of rotatable bonds is 7. The summed E-state index contributed by atoms with van der Waals surface area (Å²) in [6.07, 6.45) is 5.18. The Kier molecular flexibility index (Phi) is 6.06. The first kappa shape index (κ1) is 20.8. The van der Waals surface area contributed by atoms with Crippen LogP contribution in [0.1, 0.15) is 49.2 Å². The lowest BCUT2D eigenvalue weighted by Crippen LogP contribution is -2.44. The smallest absolute Gasteiger partial charge is 0.273 e. The molecule has 6 heteroatoms. The Morgan fingerprint density at radius 1 is 1.20 bits per heavy atom. The average molecular weight is 425 g/mol. The van der Waals surface area contributed by atoms with Gasteiger partial charge in [0.15, 0.2) is 17.8 Å². The topological polar surface area (TPSA) is 64.4 Å². The van der Waals surface area contributed by atoms with Gasteiger partial charge in [0.25, 0.3) is 5.91 Å². The molecule has 0 unspecified atom stereocenters. The highest BCUT2D eigenvalue weighted by Crippen LogP contribution is 2.43. The van der Waals surface area contributed by atoms with Gasteiger partial charge in [-0.2, -0.15) is 0 Å². The maximum absolute atomic E-state index is 12.8. The van der Waals surface area contributed by atoms with Crippen molar-refractivity contribution in [1.29, 1.82) is 0 Å². The molecule has 1 N–H and O–H groups in total. The molecule has 1 aromatic carbocycles. The zero-order valence-corrected chi connectivity index (χ0v) is 18.3. The molecule has 0 saturated carbocycles. The highest BCUT2D eigenvalue weighted by molar-refractivity contribution is 7.13. The van der Waals surface area contributed by atoms with Crippen LogP contribution >= 0.6 is 11.3 Å². The van der Waals surface area contributed by atoms with Gasteiger partial charge in [0, 0.05) is 13.2 Å². The zero-order chi connectivity index (χ0) is 21.0. The van der Waals surface area contributed by atoms with Crippen molar-refractivity contribution in [3.63, 3.8) is 0 Å². The molecule has 1 fully saturated rings. The third kappa shape index (κ3) is 4.82. The molecule has 0 spiro atoms. The molecule has 1 atom stereocenters. The number of carbonyl (C=O) groups is 1. The van der Waals surface area contributed by atoms with Gasteiger partial charge in [0.05, 0.1) is 10.5 Å². The lowest BCUT2D eigenvalue weighted by Gasteiger charge is -2.45. The van der Waals surface area contributed by atoms with E-state index in [1.54, 1.807) is 0 Å². The second kappa shape index (κ2) is 8.74. The molecule has 1 aliphatic heterocycles. The second-order valence-corrected chi connectivity index (χ2v) is 9.66. The predicted molar refractivity (Wildman–Crippen MR) is 119 cm³/mol. The molecule has 1 aliphatic rings. The molecule has 5 nitrogen and oxygen atoms in total. The number of amides is 1. The van der Waals surface area contributed by atoms with Crippen LogP contribution in [0.3, 0.4) is 0 Å². The maximum Gasteiger partial charge on any atom is 0.273 e. The first-order valence-electron chi connectivity index (χ1n) is 10.4. The summed E-state index contributed by atoms with van der Waals surface area (Å²) in [5.74, 6) is 0.349. The minimum atomic E-state index is -0.187. The zero-order valence-electron chi connectivity index (χ0n) is 17.5. The van der Waals surface area contributed by atoms with Crippen molar-refractivity contribution in [2.75, 3.05) is 13.2 Å². The van der Waals surface area contributed by atoms with Crippen molar-refractivity contribution in [1.82, 2.24) is 10.3 Å². The number of nitrogens with zero attached hydrogens (tertiary/aromatic N) is 1. The molecule has 3 heterocycles. The lowest BCUT2D eigenvalue weighted by atomic mass is 9.68. The van der Waals surface area contributed by atoms with E-state index in [1.807, 2.05) is 23.6 Å². The third-order valence-corrected chi connectivity index (χ3v) is 6.68. The number of benzene rings is 1. The lowest BCUT2D eigenvalue weighted by molar-refractivity contribution is -0.107. The van der Waals surface area contributed by atoms with Gasteiger partial charge in [-0.3, -0.25) is 4.79 Å². The van der Waals surface area contributed by atoms with Crippen LogP contribution in [0.4, 0.5) is 0 Å². The van der Waals surface area contributed by atoms with Crippen molar-refractivity contribution in [2.45, 2.75) is 45.1 Å². The molecular formula is C24H28N2O3S. The summed E-state index contributed by atoms with van der Waals surface area (Å²) in [4.78, 5) is 17.9. The molecule has 1 amide bonds. The van der Waals surface area contributed by atoms with Gasteiger partial charge in [-0.25, -0.2) is 4.98 Å². The largest absolute Gasteiger partial charge is 0.442 e. The SMILES string of the molecule is CC1(C)C[C@](CCNC(=O)c2ncoc2-c2cccs2)(Cc2ccccc2)CCO1. The van der Waals surface area contributed by atoms with Crippen molar-refractivity contribution in [3.05, 3.63) is 65.5 Å². The Morgan fingerprint density at radius 2 is 2.03 bits per heavy atom. The molecule has 4 rings (SSSR count). The van der Waals surface area contributed by atoms with E-state index < -0.39 is 0 Å². The minimum absolute atomic E-state index is 0.0940. The molecule has 0 aliphatic carbocycles. The van der Waals surface area contributed by atoms with Crippen LogP contribution in [0, 0.1) is 5.41 Å². The number of nitrogens with one attached hydrogen (secondary N) is 1. The van der Waals surface area contributed by atoms with Crippen LogP contribution in [0.25, 0.3) is 10.6 Å². The number of oxazole rings is 1. The number of thiophene rings is 1. The van der Waals surface area contributed by atoms with Crippen LogP contribution in [-0.2, 0) is 11.2 Å². The minimum Gasteiger partial charge on any atom is -0.442 e. The molecular weight excluding hydrogens is 396 g/mol. The number of hydrogen-bond donors (Lipinski definition) is 1. The van der Waals surface area contributed by atoms with E-state index in [0.29, 0.717) is 18.0 Å². The fourth-order valence-corrected chi connectivity index (χ4v) is 5.30. The van der Waals surface area contributed by atoms with E-state index in [2.05, 4.69) is 48.4 Å². The Labute approximate surface area is 181 Å². The van der Waals surface area contributed by atoms with Gasteiger partial charge in [-0.05, 0) is 62.0 Å². The van der Waals surface area contributed by atoms with E-state index >= 15 is 0 Å². The highest BCUT2D eigenvalue weighted by atomic mass is 32.1. The van der Waals surface area contributed by atoms with Crippen molar-refractivity contribution in [3.8, 4) is 10.6 Å². The van der Waals surface area contributed by atoms with Gasteiger partial charge in [0.2, 0.25) is 0 Å². The van der Waals surface area contributed by atoms with Crippen LogP contribution in [0.15, 0.2) is 58.7 Å². The Bertz CT molecular complexity index is 966. The molecule has 1 saturated heterocycles. The Hall–Kier alpha value is -2.44. The summed E-state index contributed by atoms with van der Waals surface area (Å²) < 4.78 is 11.5. The summed E-state index contributed by atoms with van der Waals surface area (Å²) in [7, 11) is 0. The van der Waals surface area contributed by atoms with E-state index in [-0.39, 0.29) is 16.9 Å². The molecule has 3 aromatic rings. The summed E-state index contributed by atoms with van der Waals surface area (Å²) in [6.45, 7) is 5.67. The van der Waals surface area contributed by atoms with Gasteiger partial charge in [0.1, 0.15) is 0 Å². The number of ether oxygens (including phenoxy) is 1. The standard InChI is InChI=1S/C24H28N2O3S/c1-23(2)16-24(11-13-29-23,15-18-7-4-3-5-8-18)10-12-25-22(27)20-21(28-17-26-20)19-9-6-14-30-19/h3-9,14,17H,10-13,15-16H2,1-2H3,(H,25,27)/t24-/m0/s1. The van der Waals surface area contributed by atoms with E-state index in [1.165, 1.54) is 23.3 Å². The maximum atomic E-state index is 12.8. The van der Waals surface area contributed by atoms with Crippen LogP contribution in [-0.4, -0.2) is 29.6 Å². The quantitative estimate of drug-likeness (QED) is 0.556. The normalized spacial score (nSPS) is 20.7. The van der Waals surface area contributed by atoms with Gasteiger partial charge in [-0.15, -0.1) is 11.3 Å². The van der Waals surface area contributed by atoms with E-state index in [0.717, 1.165) is 37.2 Å². The third-order valence-electron chi connectivity index (χ3n) is 5.82. The fraction of sp³-hybridized carbons (Fsp3) is 0.417. The number of hydrogen-bond acceptors (Lipinski definition) is 5. The van der Waals surface area contributed by atoms with Crippen LogP contribution in [0.2, 0.25) is 0 Å². The van der Waals surface area contributed by atoms with Crippen LogP contribution < -0.4 is 5.32 Å². The molecule has 158 valence electrons. The van der Waals surface area contributed by atoms with Gasteiger partial charge in [-0.1, -0.05) is 36.4 Å². The number of aromatic nitrogens is 1. The monoisotopic (exact) mass is 424 g/mol.